The van der Waals surface area contributed by atoms with Crippen LogP contribution >= 0.6 is 0 Å². The predicted octanol–water partition coefficient (Wildman–Crippen LogP) is 0.592. The van der Waals surface area contributed by atoms with Gasteiger partial charge in [-0.2, -0.15) is 0 Å². The van der Waals surface area contributed by atoms with Crippen LogP contribution in [0.4, 0.5) is 0 Å². The first kappa shape index (κ1) is 9.52. The molecule has 2 atom stereocenters. The lowest BCUT2D eigenvalue weighted by Gasteiger charge is -2.30. The maximum absolute atomic E-state index is 11.1. The maximum Gasteiger partial charge on any atom is 0.222 e. The SMILES string of the molecule is CC(N)CC1CCC(=O)N(C)C1. The summed E-state index contributed by atoms with van der Waals surface area (Å²) in [6.07, 6.45) is 2.76. The first-order valence-corrected chi connectivity index (χ1v) is 4.59. The van der Waals surface area contributed by atoms with Gasteiger partial charge in [-0.25, -0.2) is 0 Å². The van der Waals surface area contributed by atoms with E-state index in [2.05, 4.69) is 0 Å². The van der Waals surface area contributed by atoms with Gasteiger partial charge in [0.15, 0.2) is 0 Å². The van der Waals surface area contributed by atoms with Gasteiger partial charge in [-0.15, -0.1) is 0 Å². The van der Waals surface area contributed by atoms with Gasteiger partial charge in [0, 0.05) is 26.1 Å². The Bertz CT molecular complexity index is 168. The van der Waals surface area contributed by atoms with Crippen LogP contribution in [0.25, 0.3) is 0 Å². The fraction of sp³-hybridized carbons (Fsp3) is 0.889. The molecule has 1 aliphatic heterocycles. The average molecular weight is 170 g/mol. The Morgan fingerprint density at radius 1 is 1.75 bits per heavy atom. The number of nitrogens with zero attached hydrogens (tertiary/aromatic N) is 1. The van der Waals surface area contributed by atoms with Crippen LogP contribution in [0.2, 0.25) is 0 Å². The second-order valence-corrected chi connectivity index (χ2v) is 3.89. The average Bonchev–Trinajstić information content (AvgIpc) is 1.96. The van der Waals surface area contributed by atoms with Crippen LogP contribution in [0, 0.1) is 5.92 Å². The third kappa shape index (κ3) is 2.48. The highest BCUT2D eigenvalue weighted by Crippen LogP contribution is 2.19. The molecule has 0 bridgehead atoms. The molecule has 0 aromatic heterocycles. The predicted molar refractivity (Wildman–Crippen MR) is 48.6 cm³/mol. The second kappa shape index (κ2) is 3.90. The number of hydrogen-bond donors (Lipinski definition) is 1. The van der Waals surface area contributed by atoms with E-state index in [0.717, 1.165) is 19.4 Å². The van der Waals surface area contributed by atoms with Gasteiger partial charge in [0.25, 0.3) is 0 Å². The molecule has 1 saturated heterocycles. The first-order valence-electron chi connectivity index (χ1n) is 4.59. The van der Waals surface area contributed by atoms with E-state index < -0.39 is 0 Å². The molecule has 2 N–H and O–H groups in total. The normalized spacial score (nSPS) is 27.4. The molecule has 1 heterocycles. The first-order chi connectivity index (χ1) is 5.59. The smallest absolute Gasteiger partial charge is 0.222 e. The molecule has 0 aromatic rings. The number of piperidine rings is 1. The molecule has 1 amide bonds. The number of rotatable bonds is 2. The summed E-state index contributed by atoms with van der Waals surface area (Å²) in [6.45, 7) is 2.91. The number of nitrogens with two attached hydrogens (primary N) is 1. The van der Waals surface area contributed by atoms with E-state index in [9.17, 15) is 4.79 Å². The topological polar surface area (TPSA) is 46.3 Å². The van der Waals surface area contributed by atoms with Crippen LogP contribution < -0.4 is 5.73 Å². The molecule has 0 aromatic carbocycles. The Morgan fingerprint density at radius 2 is 2.42 bits per heavy atom. The lowest BCUT2D eigenvalue weighted by molar-refractivity contribution is -0.133. The van der Waals surface area contributed by atoms with Crippen molar-refractivity contribution in [2.24, 2.45) is 11.7 Å². The zero-order valence-electron chi connectivity index (χ0n) is 7.92. The molecule has 2 unspecified atom stereocenters. The molecule has 0 saturated carbocycles. The summed E-state index contributed by atoms with van der Waals surface area (Å²) in [6, 6.07) is 0.261. The summed E-state index contributed by atoms with van der Waals surface area (Å²) in [7, 11) is 1.87. The molecule has 0 spiro atoms. The van der Waals surface area contributed by atoms with Gasteiger partial charge in [0.1, 0.15) is 0 Å². The summed E-state index contributed by atoms with van der Waals surface area (Å²) in [5, 5.41) is 0. The third-order valence-electron chi connectivity index (χ3n) is 2.43. The van der Waals surface area contributed by atoms with Crippen molar-refractivity contribution in [1.82, 2.24) is 4.90 Å². The second-order valence-electron chi connectivity index (χ2n) is 3.89. The number of carbonyl (C=O) groups is 1. The van der Waals surface area contributed by atoms with E-state index >= 15 is 0 Å². The lowest BCUT2D eigenvalue weighted by atomic mass is 9.92. The van der Waals surface area contributed by atoms with E-state index in [-0.39, 0.29) is 11.9 Å². The molecule has 3 nitrogen and oxygen atoms in total. The Morgan fingerprint density at radius 3 is 2.92 bits per heavy atom. The number of carbonyl (C=O) groups excluding carboxylic acids is 1. The highest BCUT2D eigenvalue weighted by atomic mass is 16.2. The molecular formula is C9H18N2O. The summed E-state index contributed by atoms with van der Waals surface area (Å²) in [4.78, 5) is 12.9. The van der Waals surface area contributed by atoms with E-state index in [1.54, 1.807) is 0 Å². The summed E-state index contributed by atoms with van der Waals surface area (Å²) >= 11 is 0. The van der Waals surface area contributed by atoms with Crippen LogP contribution in [0.1, 0.15) is 26.2 Å². The van der Waals surface area contributed by atoms with Crippen molar-refractivity contribution in [3.05, 3.63) is 0 Å². The standard InChI is InChI=1S/C9H18N2O/c1-7(10)5-8-3-4-9(12)11(2)6-8/h7-8H,3-6,10H2,1-2H3. The Kier molecular flexibility index (Phi) is 3.09. The lowest BCUT2D eigenvalue weighted by Crippen LogP contribution is -2.38. The van der Waals surface area contributed by atoms with E-state index in [1.165, 1.54) is 0 Å². The van der Waals surface area contributed by atoms with Gasteiger partial charge in [0.2, 0.25) is 5.91 Å². The number of hydrogen-bond acceptors (Lipinski definition) is 2. The fourth-order valence-corrected chi connectivity index (χ4v) is 1.82. The monoisotopic (exact) mass is 170 g/mol. The van der Waals surface area contributed by atoms with Crippen LogP contribution in [0.5, 0.6) is 0 Å². The van der Waals surface area contributed by atoms with Crippen molar-refractivity contribution in [2.75, 3.05) is 13.6 Å². The highest BCUT2D eigenvalue weighted by Gasteiger charge is 2.22. The number of amides is 1. The van der Waals surface area contributed by atoms with Gasteiger partial charge >= 0.3 is 0 Å². The molecule has 1 fully saturated rings. The van der Waals surface area contributed by atoms with E-state index in [0.29, 0.717) is 12.3 Å². The Balaban J connectivity index is 2.35. The van der Waals surface area contributed by atoms with Gasteiger partial charge < -0.3 is 10.6 Å². The molecule has 1 rings (SSSR count). The molecule has 12 heavy (non-hydrogen) atoms. The van der Waals surface area contributed by atoms with Crippen LogP contribution in [-0.4, -0.2) is 30.4 Å². The van der Waals surface area contributed by atoms with Crippen molar-refractivity contribution in [3.8, 4) is 0 Å². The largest absolute Gasteiger partial charge is 0.345 e. The van der Waals surface area contributed by atoms with Crippen LogP contribution in [0.3, 0.4) is 0 Å². The summed E-state index contributed by atoms with van der Waals surface area (Å²) in [5.74, 6) is 0.892. The molecule has 70 valence electrons. The van der Waals surface area contributed by atoms with Crippen molar-refractivity contribution in [3.63, 3.8) is 0 Å². The maximum atomic E-state index is 11.1. The van der Waals surface area contributed by atoms with Gasteiger partial charge in [-0.05, 0) is 25.7 Å². The van der Waals surface area contributed by atoms with E-state index in [1.807, 2.05) is 18.9 Å². The Labute approximate surface area is 73.9 Å². The van der Waals surface area contributed by atoms with Crippen LogP contribution in [0.15, 0.2) is 0 Å². The van der Waals surface area contributed by atoms with Crippen molar-refractivity contribution in [1.29, 1.82) is 0 Å². The van der Waals surface area contributed by atoms with Gasteiger partial charge in [0.05, 0.1) is 0 Å². The van der Waals surface area contributed by atoms with Crippen molar-refractivity contribution >= 4 is 5.91 Å². The molecule has 3 heteroatoms. The molecule has 1 aliphatic rings. The summed E-state index contributed by atoms with van der Waals surface area (Å²) in [5.41, 5.74) is 5.70. The van der Waals surface area contributed by atoms with Gasteiger partial charge in [-0.3, -0.25) is 4.79 Å². The van der Waals surface area contributed by atoms with Crippen molar-refractivity contribution < 1.29 is 4.79 Å². The van der Waals surface area contributed by atoms with Crippen molar-refractivity contribution in [2.45, 2.75) is 32.2 Å². The minimum Gasteiger partial charge on any atom is -0.345 e. The van der Waals surface area contributed by atoms with E-state index in [4.69, 9.17) is 5.73 Å². The quantitative estimate of drug-likeness (QED) is 0.659. The third-order valence-corrected chi connectivity index (χ3v) is 2.43. The van der Waals surface area contributed by atoms with Crippen LogP contribution in [-0.2, 0) is 4.79 Å². The Hall–Kier alpha value is -0.570. The van der Waals surface area contributed by atoms with Gasteiger partial charge in [-0.1, -0.05) is 0 Å². The minimum absolute atomic E-state index is 0.261. The number of likely N-dealkylation sites (tertiary alicyclic amines) is 1. The minimum atomic E-state index is 0.261. The molecular weight excluding hydrogens is 152 g/mol. The molecule has 0 radical (unpaired) electrons. The fourth-order valence-electron chi connectivity index (χ4n) is 1.82. The zero-order chi connectivity index (χ0) is 9.14. The summed E-state index contributed by atoms with van der Waals surface area (Å²) < 4.78 is 0. The zero-order valence-corrected chi connectivity index (χ0v) is 7.92. The highest BCUT2D eigenvalue weighted by molar-refractivity contribution is 5.76. The molecule has 0 aliphatic carbocycles.